The van der Waals surface area contributed by atoms with Gasteiger partial charge in [0.2, 0.25) is 5.91 Å². The molecular weight excluding hydrogens is 304 g/mol. The van der Waals surface area contributed by atoms with Crippen molar-refractivity contribution in [2.24, 2.45) is 5.92 Å². The van der Waals surface area contributed by atoms with Crippen LogP contribution in [-0.2, 0) is 4.79 Å². The van der Waals surface area contributed by atoms with E-state index >= 15 is 0 Å². The molecule has 0 saturated carbocycles. The second-order valence-corrected chi connectivity index (χ2v) is 6.98. The van der Waals surface area contributed by atoms with E-state index in [1.165, 1.54) is 4.90 Å². The fraction of sp³-hybridized carbons (Fsp3) is 0.316. The zero-order valence-electron chi connectivity index (χ0n) is 13.9. The lowest BCUT2D eigenvalue weighted by Gasteiger charge is -2.18. The molecule has 0 aliphatic carbocycles. The molecule has 0 aromatic heterocycles. The second kappa shape index (κ2) is 8.63. The van der Waals surface area contributed by atoms with Crippen LogP contribution in [0.1, 0.15) is 20.8 Å². The average Bonchev–Trinajstić information content (AvgIpc) is 2.55. The van der Waals surface area contributed by atoms with Crippen molar-refractivity contribution in [3.05, 3.63) is 54.6 Å². The lowest BCUT2D eigenvalue weighted by Crippen LogP contribution is -2.39. The molecule has 4 heteroatoms. The van der Waals surface area contributed by atoms with Gasteiger partial charge >= 0.3 is 0 Å². The summed E-state index contributed by atoms with van der Waals surface area (Å²) >= 11 is 1.69. The summed E-state index contributed by atoms with van der Waals surface area (Å²) in [5.41, 5.74) is 0.980. The third-order valence-corrected chi connectivity index (χ3v) is 4.77. The molecule has 0 aliphatic heterocycles. The van der Waals surface area contributed by atoms with E-state index in [1.807, 2.05) is 43.3 Å². The highest BCUT2D eigenvalue weighted by Gasteiger charge is 2.11. The van der Waals surface area contributed by atoms with Crippen LogP contribution >= 0.6 is 11.8 Å². The van der Waals surface area contributed by atoms with E-state index in [9.17, 15) is 4.79 Å². The molecule has 1 atom stereocenters. The largest absolute Gasteiger partial charge is 0.375 e. The lowest BCUT2D eigenvalue weighted by molar-refractivity contribution is -0.120. The predicted octanol–water partition coefficient (Wildman–Crippen LogP) is 4.41. The average molecular weight is 328 g/mol. The molecule has 2 N–H and O–H groups in total. The van der Waals surface area contributed by atoms with Crippen molar-refractivity contribution in [1.29, 1.82) is 0 Å². The summed E-state index contributed by atoms with van der Waals surface area (Å²) in [5.74, 6) is 0.450. The number of carbonyl (C=O) groups excluding carboxylic acids is 1. The summed E-state index contributed by atoms with van der Waals surface area (Å²) in [6, 6.07) is 18.5. The molecule has 0 fully saturated rings. The van der Waals surface area contributed by atoms with Crippen LogP contribution in [0.15, 0.2) is 64.4 Å². The van der Waals surface area contributed by atoms with E-state index in [0.29, 0.717) is 5.92 Å². The molecule has 0 spiro atoms. The third-order valence-electron chi connectivity index (χ3n) is 3.69. The predicted molar refractivity (Wildman–Crippen MR) is 97.9 cm³/mol. The Labute approximate surface area is 142 Å². The zero-order chi connectivity index (χ0) is 16.7. The Balaban J connectivity index is 1.97. The maximum absolute atomic E-state index is 12.0. The highest BCUT2D eigenvalue weighted by molar-refractivity contribution is 7.99. The van der Waals surface area contributed by atoms with Gasteiger partial charge in [0.05, 0.1) is 6.54 Å². The molecule has 122 valence electrons. The van der Waals surface area contributed by atoms with Gasteiger partial charge in [0, 0.05) is 21.5 Å². The van der Waals surface area contributed by atoms with Gasteiger partial charge in [-0.05, 0) is 37.1 Å². The molecule has 0 radical (unpaired) electrons. The smallest absolute Gasteiger partial charge is 0.239 e. The van der Waals surface area contributed by atoms with E-state index in [0.717, 1.165) is 10.6 Å². The normalized spacial score (nSPS) is 12.0. The fourth-order valence-electron chi connectivity index (χ4n) is 1.96. The van der Waals surface area contributed by atoms with Gasteiger partial charge in [-0.1, -0.05) is 55.9 Å². The summed E-state index contributed by atoms with van der Waals surface area (Å²) < 4.78 is 0. The van der Waals surface area contributed by atoms with Crippen LogP contribution < -0.4 is 10.6 Å². The Morgan fingerprint density at radius 3 is 2.35 bits per heavy atom. The molecule has 0 saturated heterocycles. The molecule has 1 unspecified atom stereocenters. The topological polar surface area (TPSA) is 41.1 Å². The minimum atomic E-state index is 0.0192. The van der Waals surface area contributed by atoms with Gasteiger partial charge in [-0.15, -0.1) is 0 Å². The number of hydrogen-bond acceptors (Lipinski definition) is 3. The van der Waals surface area contributed by atoms with Gasteiger partial charge in [-0.25, -0.2) is 0 Å². The first-order valence-corrected chi connectivity index (χ1v) is 8.73. The molecule has 0 heterocycles. The third kappa shape index (κ3) is 5.64. The first-order chi connectivity index (χ1) is 11.1. The highest BCUT2D eigenvalue weighted by atomic mass is 32.2. The molecule has 3 nitrogen and oxygen atoms in total. The standard InChI is InChI=1S/C19H24N2OS/c1-14(2)15(3)21-19(22)13-20-17-11-7-8-12-18(17)23-16-9-5-4-6-10-16/h4-12,14-15,20H,13H2,1-3H3,(H,21,22). The van der Waals surface area contributed by atoms with Crippen LogP contribution in [0.25, 0.3) is 0 Å². The highest BCUT2D eigenvalue weighted by Crippen LogP contribution is 2.32. The van der Waals surface area contributed by atoms with Crippen LogP contribution in [0, 0.1) is 5.92 Å². The van der Waals surface area contributed by atoms with Crippen molar-refractivity contribution in [3.63, 3.8) is 0 Å². The summed E-state index contributed by atoms with van der Waals surface area (Å²) in [7, 11) is 0. The number of para-hydroxylation sites is 1. The number of anilines is 1. The number of carbonyl (C=O) groups is 1. The van der Waals surface area contributed by atoms with E-state index in [-0.39, 0.29) is 18.5 Å². The lowest BCUT2D eigenvalue weighted by atomic mass is 10.1. The molecular formula is C19H24N2OS. The first-order valence-electron chi connectivity index (χ1n) is 7.91. The van der Waals surface area contributed by atoms with Gasteiger partial charge in [-0.2, -0.15) is 0 Å². The Morgan fingerprint density at radius 2 is 1.65 bits per heavy atom. The van der Waals surface area contributed by atoms with Gasteiger partial charge in [0.15, 0.2) is 0 Å². The monoisotopic (exact) mass is 328 g/mol. The zero-order valence-corrected chi connectivity index (χ0v) is 14.7. The first kappa shape index (κ1) is 17.4. The fourth-order valence-corrected chi connectivity index (χ4v) is 2.91. The minimum Gasteiger partial charge on any atom is -0.375 e. The molecule has 0 aliphatic rings. The number of nitrogens with one attached hydrogen (secondary N) is 2. The van der Waals surface area contributed by atoms with E-state index in [2.05, 4.69) is 42.7 Å². The molecule has 2 aromatic rings. The van der Waals surface area contributed by atoms with Crippen LogP contribution in [0.3, 0.4) is 0 Å². The Kier molecular flexibility index (Phi) is 6.53. The Bertz CT molecular complexity index is 628. The number of benzene rings is 2. The van der Waals surface area contributed by atoms with E-state index in [1.54, 1.807) is 11.8 Å². The van der Waals surface area contributed by atoms with Crippen molar-refractivity contribution in [3.8, 4) is 0 Å². The van der Waals surface area contributed by atoms with Crippen molar-refractivity contribution in [2.75, 3.05) is 11.9 Å². The summed E-state index contributed by atoms with van der Waals surface area (Å²) in [5, 5.41) is 6.26. The molecule has 1 amide bonds. The molecule has 2 rings (SSSR count). The van der Waals surface area contributed by atoms with Crippen molar-refractivity contribution < 1.29 is 4.79 Å². The van der Waals surface area contributed by atoms with Gasteiger partial charge in [0.25, 0.3) is 0 Å². The summed E-state index contributed by atoms with van der Waals surface area (Å²) in [4.78, 5) is 14.3. The number of amides is 1. The van der Waals surface area contributed by atoms with Crippen molar-refractivity contribution in [2.45, 2.75) is 36.6 Å². The van der Waals surface area contributed by atoms with E-state index in [4.69, 9.17) is 0 Å². The second-order valence-electron chi connectivity index (χ2n) is 5.87. The van der Waals surface area contributed by atoms with Gasteiger partial charge in [0.1, 0.15) is 0 Å². The number of rotatable bonds is 7. The molecule has 23 heavy (non-hydrogen) atoms. The van der Waals surface area contributed by atoms with Gasteiger partial charge < -0.3 is 10.6 Å². The summed E-state index contributed by atoms with van der Waals surface area (Å²) in [6.45, 7) is 6.51. The number of hydrogen-bond donors (Lipinski definition) is 2. The minimum absolute atomic E-state index is 0.0192. The molecule has 2 aromatic carbocycles. The van der Waals surface area contributed by atoms with Gasteiger partial charge in [-0.3, -0.25) is 4.79 Å². The maximum atomic E-state index is 12.0. The quantitative estimate of drug-likeness (QED) is 0.791. The Morgan fingerprint density at radius 1 is 1.00 bits per heavy atom. The van der Waals surface area contributed by atoms with E-state index < -0.39 is 0 Å². The maximum Gasteiger partial charge on any atom is 0.239 e. The van der Waals surface area contributed by atoms with Crippen molar-refractivity contribution >= 4 is 23.4 Å². The van der Waals surface area contributed by atoms with Crippen LogP contribution in [-0.4, -0.2) is 18.5 Å². The van der Waals surface area contributed by atoms with Crippen LogP contribution in [0.5, 0.6) is 0 Å². The van der Waals surface area contributed by atoms with Crippen LogP contribution in [0.2, 0.25) is 0 Å². The molecule has 0 bridgehead atoms. The van der Waals surface area contributed by atoms with Crippen LogP contribution in [0.4, 0.5) is 5.69 Å². The Hall–Kier alpha value is -1.94. The van der Waals surface area contributed by atoms with Crippen molar-refractivity contribution in [1.82, 2.24) is 5.32 Å². The SMILES string of the molecule is CC(C)C(C)NC(=O)CNc1ccccc1Sc1ccccc1. The summed E-state index contributed by atoms with van der Waals surface area (Å²) in [6.07, 6.45) is 0.